The van der Waals surface area contributed by atoms with Gasteiger partial charge in [-0.05, 0) is 25.1 Å². The Balaban J connectivity index is 1.70. The summed E-state index contributed by atoms with van der Waals surface area (Å²) in [7, 11) is 1.53. The minimum Gasteiger partial charge on any atom is -0.497 e. The first kappa shape index (κ1) is 14.1. The minimum absolute atomic E-state index is 0.272. The SMILES string of the molecule is COc1ccc(NCCCN2CCOCC2)c(F)c1. The van der Waals surface area contributed by atoms with E-state index in [2.05, 4.69) is 10.2 Å². The number of nitrogens with zero attached hydrogens (tertiary/aromatic N) is 1. The summed E-state index contributed by atoms with van der Waals surface area (Å²) in [6, 6.07) is 4.86. The molecule has 0 spiro atoms. The molecule has 0 aliphatic carbocycles. The predicted molar refractivity (Wildman–Crippen MR) is 73.3 cm³/mol. The summed E-state index contributed by atoms with van der Waals surface area (Å²) in [5.41, 5.74) is 0.530. The van der Waals surface area contributed by atoms with Crippen LogP contribution < -0.4 is 10.1 Å². The zero-order chi connectivity index (χ0) is 13.5. The van der Waals surface area contributed by atoms with Crippen LogP contribution in [-0.4, -0.2) is 51.4 Å². The summed E-state index contributed by atoms with van der Waals surface area (Å²) in [4.78, 5) is 2.37. The Morgan fingerprint density at radius 3 is 2.84 bits per heavy atom. The van der Waals surface area contributed by atoms with Crippen LogP contribution in [0.25, 0.3) is 0 Å². The highest BCUT2D eigenvalue weighted by atomic mass is 19.1. The number of rotatable bonds is 6. The van der Waals surface area contributed by atoms with Crippen molar-refractivity contribution in [1.82, 2.24) is 4.90 Å². The number of hydrogen-bond donors (Lipinski definition) is 1. The number of nitrogens with one attached hydrogen (secondary N) is 1. The summed E-state index contributed by atoms with van der Waals surface area (Å²) in [6.45, 7) is 5.42. The van der Waals surface area contributed by atoms with Crippen molar-refractivity contribution < 1.29 is 13.9 Å². The summed E-state index contributed by atoms with van der Waals surface area (Å²) in [5.74, 6) is 0.266. The Morgan fingerprint density at radius 1 is 1.37 bits per heavy atom. The van der Waals surface area contributed by atoms with Gasteiger partial charge in [-0.3, -0.25) is 4.90 Å². The third-order valence-electron chi connectivity index (χ3n) is 3.25. The summed E-state index contributed by atoms with van der Waals surface area (Å²) in [5, 5.41) is 3.12. The Labute approximate surface area is 113 Å². The number of benzene rings is 1. The molecule has 0 unspecified atom stereocenters. The van der Waals surface area contributed by atoms with E-state index in [0.29, 0.717) is 11.4 Å². The lowest BCUT2D eigenvalue weighted by molar-refractivity contribution is 0.0378. The Morgan fingerprint density at radius 2 is 2.16 bits per heavy atom. The van der Waals surface area contributed by atoms with Gasteiger partial charge in [0.1, 0.15) is 11.6 Å². The van der Waals surface area contributed by atoms with Crippen LogP contribution in [0.15, 0.2) is 18.2 Å². The van der Waals surface area contributed by atoms with Crippen molar-refractivity contribution in [2.45, 2.75) is 6.42 Å². The molecule has 0 atom stereocenters. The van der Waals surface area contributed by atoms with E-state index in [1.165, 1.54) is 13.2 Å². The van der Waals surface area contributed by atoms with Crippen LogP contribution in [0.1, 0.15) is 6.42 Å². The van der Waals surface area contributed by atoms with Crippen molar-refractivity contribution in [3.63, 3.8) is 0 Å². The Kier molecular flexibility index (Phi) is 5.42. The molecule has 1 N–H and O–H groups in total. The molecule has 1 aliphatic heterocycles. The zero-order valence-electron chi connectivity index (χ0n) is 11.3. The molecule has 1 aliphatic rings. The lowest BCUT2D eigenvalue weighted by atomic mass is 10.2. The fraction of sp³-hybridized carbons (Fsp3) is 0.571. The van der Waals surface area contributed by atoms with Gasteiger partial charge in [0.25, 0.3) is 0 Å². The van der Waals surface area contributed by atoms with E-state index in [9.17, 15) is 4.39 Å². The highest BCUT2D eigenvalue weighted by Crippen LogP contribution is 2.20. The Hall–Kier alpha value is -1.33. The van der Waals surface area contributed by atoms with E-state index < -0.39 is 0 Å². The van der Waals surface area contributed by atoms with Gasteiger partial charge >= 0.3 is 0 Å². The van der Waals surface area contributed by atoms with Crippen molar-refractivity contribution in [3.05, 3.63) is 24.0 Å². The number of morpholine rings is 1. The average molecular weight is 268 g/mol. The van der Waals surface area contributed by atoms with E-state index in [4.69, 9.17) is 9.47 Å². The van der Waals surface area contributed by atoms with Crippen molar-refractivity contribution >= 4 is 5.69 Å². The van der Waals surface area contributed by atoms with Gasteiger partial charge in [0, 0.05) is 25.7 Å². The number of hydrogen-bond acceptors (Lipinski definition) is 4. The Bertz CT molecular complexity index is 395. The number of methoxy groups -OCH3 is 1. The maximum Gasteiger partial charge on any atom is 0.149 e. The fourth-order valence-electron chi connectivity index (χ4n) is 2.12. The van der Waals surface area contributed by atoms with E-state index in [1.54, 1.807) is 12.1 Å². The summed E-state index contributed by atoms with van der Waals surface area (Å²) in [6.07, 6.45) is 0.992. The maximum absolute atomic E-state index is 13.6. The molecule has 1 aromatic rings. The minimum atomic E-state index is -0.272. The second kappa shape index (κ2) is 7.31. The van der Waals surface area contributed by atoms with E-state index in [-0.39, 0.29) is 5.82 Å². The second-order valence-electron chi connectivity index (χ2n) is 4.58. The molecule has 1 saturated heterocycles. The van der Waals surface area contributed by atoms with Crippen LogP contribution in [0, 0.1) is 5.82 Å². The molecule has 19 heavy (non-hydrogen) atoms. The first-order valence-electron chi connectivity index (χ1n) is 6.67. The van der Waals surface area contributed by atoms with Gasteiger partial charge in [0.15, 0.2) is 0 Å². The second-order valence-corrected chi connectivity index (χ2v) is 4.58. The van der Waals surface area contributed by atoms with Crippen LogP contribution in [-0.2, 0) is 4.74 Å². The normalized spacial score (nSPS) is 16.3. The van der Waals surface area contributed by atoms with Gasteiger partial charge in [0.2, 0.25) is 0 Å². The largest absolute Gasteiger partial charge is 0.497 e. The van der Waals surface area contributed by atoms with Crippen LogP contribution in [0.5, 0.6) is 5.75 Å². The topological polar surface area (TPSA) is 33.7 Å². The highest BCUT2D eigenvalue weighted by Gasteiger charge is 2.09. The van der Waals surface area contributed by atoms with Crippen LogP contribution in [0.2, 0.25) is 0 Å². The van der Waals surface area contributed by atoms with Crippen LogP contribution in [0.3, 0.4) is 0 Å². The molecule has 0 radical (unpaired) electrons. The van der Waals surface area contributed by atoms with Gasteiger partial charge in [-0.1, -0.05) is 0 Å². The lowest BCUT2D eigenvalue weighted by Crippen LogP contribution is -2.37. The average Bonchev–Trinajstić information content (AvgIpc) is 2.46. The summed E-state index contributed by atoms with van der Waals surface area (Å²) < 4.78 is 23.9. The number of anilines is 1. The van der Waals surface area contributed by atoms with Crippen molar-refractivity contribution in [2.24, 2.45) is 0 Å². The quantitative estimate of drug-likeness (QED) is 0.800. The standard InChI is InChI=1S/C14H21FN2O2/c1-18-12-3-4-14(13(15)11-12)16-5-2-6-17-7-9-19-10-8-17/h3-4,11,16H,2,5-10H2,1H3. The number of halogens is 1. The first-order valence-corrected chi connectivity index (χ1v) is 6.67. The van der Waals surface area contributed by atoms with E-state index in [1.807, 2.05) is 0 Å². The molecule has 1 fully saturated rings. The van der Waals surface area contributed by atoms with E-state index in [0.717, 1.165) is 45.8 Å². The zero-order valence-corrected chi connectivity index (χ0v) is 11.3. The molecular formula is C14H21FN2O2. The lowest BCUT2D eigenvalue weighted by Gasteiger charge is -2.26. The molecule has 2 rings (SSSR count). The van der Waals surface area contributed by atoms with Crippen molar-refractivity contribution in [2.75, 3.05) is 51.8 Å². The van der Waals surface area contributed by atoms with Gasteiger partial charge in [-0.15, -0.1) is 0 Å². The molecule has 0 saturated carbocycles. The molecule has 1 aromatic carbocycles. The third kappa shape index (κ3) is 4.36. The highest BCUT2D eigenvalue weighted by molar-refractivity contribution is 5.47. The molecule has 5 heteroatoms. The third-order valence-corrected chi connectivity index (χ3v) is 3.25. The predicted octanol–water partition coefficient (Wildman–Crippen LogP) is 1.97. The maximum atomic E-state index is 13.6. The smallest absolute Gasteiger partial charge is 0.149 e. The van der Waals surface area contributed by atoms with Gasteiger partial charge in [-0.2, -0.15) is 0 Å². The first-order chi connectivity index (χ1) is 9.29. The van der Waals surface area contributed by atoms with Crippen LogP contribution >= 0.6 is 0 Å². The van der Waals surface area contributed by atoms with Crippen molar-refractivity contribution in [1.29, 1.82) is 0 Å². The fourth-order valence-corrected chi connectivity index (χ4v) is 2.12. The molecule has 0 bridgehead atoms. The van der Waals surface area contributed by atoms with Gasteiger partial charge < -0.3 is 14.8 Å². The number of ether oxygens (including phenoxy) is 2. The van der Waals surface area contributed by atoms with Crippen molar-refractivity contribution in [3.8, 4) is 5.75 Å². The molecule has 0 amide bonds. The molecule has 1 heterocycles. The summed E-state index contributed by atoms with van der Waals surface area (Å²) >= 11 is 0. The molecular weight excluding hydrogens is 247 g/mol. The monoisotopic (exact) mass is 268 g/mol. The van der Waals surface area contributed by atoms with Gasteiger partial charge in [0.05, 0.1) is 26.0 Å². The van der Waals surface area contributed by atoms with E-state index >= 15 is 0 Å². The van der Waals surface area contributed by atoms with Gasteiger partial charge in [-0.25, -0.2) is 4.39 Å². The molecule has 4 nitrogen and oxygen atoms in total. The molecule has 106 valence electrons. The van der Waals surface area contributed by atoms with Crippen LogP contribution in [0.4, 0.5) is 10.1 Å². The molecule has 0 aromatic heterocycles.